The quantitative estimate of drug-likeness (QED) is 0.266. The second kappa shape index (κ2) is 12.8. The van der Waals surface area contributed by atoms with Gasteiger partial charge in [-0.05, 0) is 65.9 Å². The Bertz CT molecular complexity index is 1820. The van der Waals surface area contributed by atoms with E-state index in [0.29, 0.717) is 47.1 Å². The molecule has 1 aromatic heterocycles. The molecule has 4 aromatic rings. The molecule has 0 saturated heterocycles. The zero-order valence-electron chi connectivity index (χ0n) is 23.7. The summed E-state index contributed by atoms with van der Waals surface area (Å²) in [7, 11) is -2.95. The van der Waals surface area contributed by atoms with E-state index in [1.54, 1.807) is 60.7 Å². The molecule has 9 nitrogen and oxygen atoms in total. The second-order valence-electron chi connectivity index (χ2n) is 9.81. The number of hydrogen-bond acceptors (Lipinski definition) is 7. The lowest BCUT2D eigenvalue weighted by molar-refractivity contribution is 0.0963. The Kier molecular flexibility index (Phi) is 9.23. The Morgan fingerprint density at radius 3 is 2.40 bits per heavy atom. The van der Waals surface area contributed by atoms with Crippen molar-refractivity contribution in [2.24, 2.45) is 0 Å². The number of unbranched alkanes of at least 4 members (excludes halogenated alkanes) is 1. The van der Waals surface area contributed by atoms with E-state index in [4.69, 9.17) is 0 Å². The van der Waals surface area contributed by atoms with E-state index in [-0.39, 0.29) is 16.6 Å². The Morgan fingerprint density at radius 2 is 1.76 bits per heavy atom. The summed E-state index contributed by atoms with van der Waals surface area (Å²) in [6, 6.07) is 21.1. The van der Waals surface area contributed by atoms with Crippen molar-refractivity contribution in [3.8, 4) is 23.1 Å². The van der Waals surface area contributed by atoms with Gasteiger partial charge in [-0.25, -0.2) is 8.42 Å². The summed E-state index contributed by atoms with van der Waals surface area (Å²) < 4.78 is 29.0. The van der Waals surface area contributed by atoms with Crippen LogP contribution in [0, 0.1) is 11.3 Å². The molecular formula is C32H32N4O5S. The molecule has 2 N–H and O–H groups in total. The smallest absolute Gasteiger partial charge is 0.277 e. The predicted molar refractivity (Wildman–Crippen MR) is 159 cm³/mol. The van der Waals surface area contributed by atoms with Gasteiger partial charge in [0, 0.05) is 19.0 Å². The molecule has 1 amide bonds. The molecule has 0 bridgehead atoms. The van der Waals surface area contributed by atoms with Crippen LogP contribution in [-0.4, -0.2) is 36.0 Å². The van der Waals surface area contributed by atoms with Crippen molar-refractivity contribution >= 4 is 15.7 Å². The van der Waals surface area contributed by atoms with Gasteiger partial charge in [0.25, 0.3) is 11.5 Å². The highest BCUT2D eigenvalue weighted by molar-refractivity contribution is 7.91. The van der Waals surface area contributed by atoms with Crippen LogP contribution in [0.3, 0.4) is 0 Å². The molecule has 0 saturated carbocycles. The standard InChI is InChI=1S/C32H32N4O5S/c1-4-6-13-28-35-31(38)29(32(39)36(28)27(5-2)24-11-7-9-21(18-24)20-33)42(40,41)26-16-14-22(15-17-26)23-10-8-12-25(19-23)30(37)34-3/h7-12,14-19,27,38H,4-6,13H2,1-3H3,(H,34,37)/t27-/m0/s1. The first-order valence-corrected chi connectivity index (χ1v) is 15.2. The fourth-order valence-electron chi connectivity index (χ4n) is 4.93. The van der Waals surface area contributed by atoms with E-state index in [9.17, 15) is 28.4 Å². The minimum absolute atomic E-state index is 0.185. The summed E-state index contributed by atoms with van der Waals surface area (Å²) in [4.78, 5) is 29.3. The lowest BCUT2D eigenvalue weighted by Gasteiger charge is -2.23. The van der Waals surface area contributed by atoms with Gasteiger partial charge >= 0.3 is 0 Å². The molecule has 0 aliphatic rings. The number of benzene rings is 3. The van der Waals surface area contributed by atoms with E-state index in [0.717, 1.165) is 6.42 Å². The van der Waals surface area contributed by atoms with Gasteiger partial charge in [0.15, 0.2) is 4.90 Å². The largest absolute Gasteiger partial charge is 0.492 e. The van der Waals surface area contributed by atoms with Crippen LogP contribution in [0.1, 0.15) is 66.5 Å². The number of nitriles is 1. The van der Waals surface area contributed by atoms with Crippen LogP contribution in [0.15, 0.2) is 87.4 Å². The first-order valence-electron chi connectivity index (χ1n) is 13.7. The van der Waals surface area contributed by atoms with Gasteiger partial charge in [0.2, 0.25) is 15.7 Å². The molecule has 10 heteroatoms. The van der Waals surface area contributed by atoms with Crippen molar-refractivity contribution in [3.63, 3.8) is 0 Å². The fraction of sp³-hybridized carbons (Fsp3) is 0.250. The van der Waals surface area contributed by atoms with Crippen molar-refractivity contribution in [2.75, 3.05) is 7.05 Å². The summed E-state index contributed by atoms with van der Waals surface area (Å²) in [6.07, 6.45) is 2.26. The van der Waals surface area contributed by atoms with Gasteiger partial charge in [0.05, 0.1) is 22.6 Å². The zero-order valence-corrected chi connectivity index (χ0v) is 24.5. The number of hydrogen-bond donors (Lipinski definition) is 2. The second-order valence-corrected chi connectivity index (χ2v) is 11.7. The molecule has 4 rings (SSSR count). The zero-order chi connectivity index (χ0) is 30.4. The summed E-state index contributed by atoms with van der Waals surface area (Å²) in [5.41, 5.74) is 2.03. The SMILES string of the molecule is CCCCc1nc(O)c(S(=O)(=O)c2ccc(-c3cccc(C(=O)NC)c3)cc2)c(=O)n1[C@@H](CC)c1cccc(C#N)c1. The van der Waals surface area contributed by atoms with Crippen LogP contribution in [0.4, 0.5) is 0 Å². The van der Waals surface area contributed by atoms with Crippen molar-refractivity contribution in [1.29, 1.82) is 5.26 Å². The van der Waals surface area contributed by atoms with E-state index >= 15 is 0 Å². The van der Waals surface area contributed by atoms with Gasteiger partial charge in [-0.15, -0.1) is 0 Å². The van der Waals surface area contributed by atoms with Crippen molar-refractivity contribution in [2.45, 2.75) is 55.4 Å². The van der Waals surface area contributed by atoms with E-state index in [2.05, 4.69) is 16.4 Å². The highest BCUT2D eigenvalue weighted by Crippen LogP contribution is 2.30. The minimum atomic E-state index is -4.48. The van der Waals surface area contributed by atoms with Gasteiger partial charge in [-0.1, -0.05) is 56.7 Å². The summed E-state index contributed by atoms with van der Waals surface area (Å²) >= 11 is 0. The Labute approximate surface area is 245 Å². The number of nitrogens with one attached hydrogen (secondary N) is 1. The van der Waals surface area contributed by atoms with Gasteiger partial charge in [-0.3, -0.25) is 14.2 Å². The predicted octanol–water partition coefficient (Wildman–Crippen LogP) is 5.02. The topological polar surface area (TPSA) is 142 Å². The van der Waals surface area contributed by atoms with E-state index in [1.807, 2.05) is 13.8 Å². The molecule has 1 atom stereocenters. The molecule has 0 spiro atoms. The number of sulfone groups is 1. The molecular weight excluding hydrogens is 552 g/mol. The van der Waals surface area contributed by atoms with Crippen molar-refractivity contribution < 1.29 is 18.3 Å². The molecule has 0 radical (unpaired) electrons. The van der Waals surface area contributed by atoms with Gasteiger partial charge in [-0.2, -0.15) is 10.2 Å². The Balaban J connectivity index is 1.83. The highest BCUT2D eigenvalue weighted by atomic mass is 32.2. The van der Waals surface area contributed by atoms with Crippen LogP contribution in [0.5, 0.6) is 5.88 Å². The summed E-state index contributed by atoms with van der Waals surface area (Å²) in [6.45, 7) is 3.84. The molecule has 216 valence electrons. The number of aryl methyl sites for hydroxylation is 1. The maximum Gasteiger partial charge on any atom is 0.277 e. The lowest BCUT2D eigenvalue weighted by atomic mass is 10.0. The first-order chi connectivity index (χ1) is 20.2. The molecule has 0 aliphatic heterocycles. The lowest BCUT2D eigenvalue weighted by Crippen LogP contribution is -2.33. The van der Waals surface area contributed by atoms with Gasteiger partial charge < -0.3 is 10.4 Å². The third-order valence-corrected chi connectivity index (χ3v) is 8.89. The number of nitrogens with zero attached hydrogens (tertiary/aromatic N) is 3. The van der Waals surface area contributed by atoms with Crippen molar-refractivity contribution in [1.82, 2.24) is 14.9 Å². The number of aromatic nitrogens is 2. The molecule has 42 heavy (non-hydrogen) atoms. The minimum Gasteiger partial charge on any atom is -0.492 e. The maximum absolute atomic E-state index is 14.0. The van der Waals surface area contributed by atoms with Crippen LogP contribution < -0.4 is 10.9 Å². The number of aromatic hydroxyl groups is 1. The Morgan fingerprint density at radius 1 is 1.05 bits per heavy atom. The number of carbonyl (C=O) groups is 1. The maximum atomic E-state index is 14.0. The summed E-state index contributed by atoms with van der Waals surface area (Å²) in [5.74, 6) is -0.813. The van der Waals surface area contributed by atoms with Crippen molar-refractivity contribution in [3.05, 3.63) is 106 Å². The third-order valence-electron chi connectivity index (χ3n) is 7.10. The molecule has 0 unspecified atom stereocenters. The Hall–Kier alpha value is -4.75. The number of rotatable bonds is 10. The average Bonchev–Trinajstić information content (AvgIpc) is 3.01. The monoisotopic (exact) mass is 584 g/mol. The fourth-order valence-corrected chi connectivity index (χ4v) is 6.27. The highest BCUT2D eigenvalue weighted by Gasteiger charge is 2.31. The van der Waals surface area contributed by atoms with E-state index < -0.39 is 32.2 Å². The summed E-state index contributed by atoms with van der Waals surface area (Å²) in [5, 5.41) is 22.8. The van der Waals surface area contributed by atoms with Crippen LogP contribution in [0.2, 0.25) is 0 Å². The molecule has 3 aromatic carbocycles. The molecule has 0 aliphatic carbocycles. The van der Waals surface area contributed by atoms with Gasteiger partial charge in [0.1, 0.15) is 5.82 Å². The van der Waals surface area contributed by atoms with E-state index in [1.165, 1.54) is 23.7 Å². The van der Waals surface area contributed by atoms with Crippen LogP contribution in [0.25, 0.3) is 11.1 Å². The van der Waals surface area contributed by atoms with Crippen LogP contribution in [-0.2, 0) is 16.3 Å². The first kappa shape index (κ1) is 30.2. The normalized spacial score (nSPS) is 12.0. The molecule has 0 fully saturated rings. The molecule has 1 heterocycles. The van der Waals surface area contributed by atoms with Crippen LogP contribution >= 0.6 is 0 Å². The average molecular weight is 585 g/mol. The number of carbonyl (C=O) groups excluding carboxylic acids is 1. The third kappa shape index (κ3) is 5.97. The number of amides is 1.